The van der Waals surface area contributed by atoms with Crippen LogP contribution in [0.5, 0.6) is 0 Å². The third kappa shape index (κ3) is 0.838. The molecule has 2 bridgehead atoms. The second-order valence-corrected chi connectivity index (χ2v) is 5.19. The molecular formula is C10H16O2. The van der Waals surface area contributed by atoms with Gasteiger partial charge >= 0.3 is 5.97 Å². The molecule has 2 fully saturated rings. The van der Waals surface area contributed by atoms with Crippen LogP contribution in [0.25, 0.3) is 0 Å². The van der Waals surface area contributed by atoms with Crippen molar-refractivity contribution in [2.24, 2.45) is 16.7 Å². The smallest absolute Gasteiger partial charge is 0.309 e. The molecule has 0 aromatic rings. The van der Waals surface area contributed by atoms with E-state index in [2.05, 4.69) is 13.8 Å². The van der Waals surface area contributed by atoms with E-state index in [0.29, 0.717) is 5.92 Å². The number of aliphatic carboxylic acids is 1. The number of carboxylic acid groups (broad SMARTS) is 1. The van der Waals surface area contributed by atoms with E-state index in [1.807, 2.05) is 0 Å². The fraction of sp³-hybridized carbons (Fsp3) is 0.900. The van der Waals surface area contributed by atoms with Gasteiger partial charge in [0.25, 0.3) is 0 Å². The van der Waals surface area contributed by atoms with Crippen molar-refractivity contribution < 1.29 is 9.90 Å². The molecule has 0 aliphatic heterocycles. The fourth-order valence-corrected chi connectivity index (χ4v) is 3.24. The maximum absolute atomic E-state index is 11.1. The van der Waals surface area contributed by atoms with Crippen LogP contribution in [-0.4, -0.2) is 11.1 Å². The maximum Gasteiger partial charge on any atom is 0.309 e. The standard InChI is InChI=1S/C10H16O2/c1-9(2)6-10(8(11)12)4-3-7(9)5-10/h7H,3-6H2,1-2H3,(H,11,12)/t7-,10-/m1/s1. The number of hydrogen-bond donors (Lipinski definition) is 1. The van der Waals surface area contributed by atoms with Gasteiger partial charge in [0.05, 0.1) is 5.41 Å². The molecule has 0 saturated heterocycles. The monoisotopic (exact) mass is 168 g/mol. The molecule has 0 aromatic heterocycles. The number of carboxylic acids is 1. The Labute approximate surface area is 73.0 Å². The highest BCUT2D eigenvalue weighted by molar-refractivity contribution is 5.75. The van der Waals surface area contributed by atoms with Gasteiger partial charge in [0.2, 0.25) is 0 Å². The van der Waals surface area contributed by atoms with Crippen LogP contribution < -0.4 is 0 Å². The molecule has 2 aliphatic carbocycles. The van der Waals surface area contributed by atoms with Crippen molar-refractivity contribution in [1.29, 1.82) is 0 Å². The van der Waals surface area contributed by atoms with E-state index >= 15 is 0 Å². The predicted octanol–water partition coefficient (Wildman–Crippen LogP) is 2.29. The number of carbonyl (C=O) groups is 1. The molecule has 0 aromatic carbocycles. The third-order valence-corrected chi connectivity index (χ3v) is 3.96. The summed E-state index contributed by atoms with van der Waals surface area (Å²) in [5, 5.41) is 9.12. The topological polar surface area (TPSA) is 37.3 Å². The average molecular weight is 168 g/mol. The molecule has 0 amide bonds. The van der Waals surface area contributed by atoms with Crippen molar-refractivity contribution in [3.63, 3.8) is 0 Å². The lowest BCUT2D eigenvalue weighted by Gasteiger charge is -2.32. The zero-order valence-electron chi connectivity index (χ0n) is 7.76. The average Bonchev–Trinajstić information content (AvgIpc) is 2.41. The molecule has 2 rings (SSSR count). The molecule has 2 saturated carbocycles. The Morgan fingerprint density at radius 3 is 2.42 bits per heavy atom. The SMILES string of the molecule is CC1(C)C[C@@]2(C(=O)O)CC[C@@H]1C2. The largest absolute Gasteiger partial charge is 0.481 e. The summed E-state index contributed by atoms with van der Waals surface area (Å²) in [5.74, 6) is 0.101. The zero-order valence-corrected chi connectivity index (χ0v) is 7.76. The summed E-state index contributed by atoms with van der Waals surface area (Å²) in [5.41, 5.74) is -0.0647. The summed E-state index contributed by atoms with van der Waals surface area (Å²) in [4.78, 5) is 11.1. The first-order valence-corrected chi connectivity index (χ1v) is 4.70. The molecule has 1 N–H and O–H groups in total. The van der Waals surface area contributed by atoms with E-state index in [1.54, 1.807) is 0 Å². The lowest BCUT2D eigenvalue weighted by molar-refractivity contribution is -0.149. The molecule has 0 radical (unpaired) electrons. The van der Waals surface area contributed by atoms with Crippen LogP contribution in [-0.2, 0) is 4.79 Å². The fourth-order valence-electron chi connectivity index (χ4n) is 3.24. The molecule has 2 aliphatic rings. The van der Waals surface area contributed by atoms with Crippen molar-refractivity contribution in [3.05, 3.63) is 0 Å². The predicted molar refractivity (Wildman–Crippen MR) is 45.8 cm³/mol. The van der Waals surface area contributed by atoms with Gasteiger partial charge in [-0.1, -0.05) is 13.8 Å². The van der Waals surface area contributed by atoms with Gasteiger partial charge in [0, 0.05) is 0 Å². The molecule has 2 nitrogen and oxygen atoms in total. The van der Waals surface area contributed by atoms with E-state index in [0.717, 1.165) is 25.7 Å². The number of fused-ring (bicyclic) bond motifs is 2. The third-order valence-electron chi connectivity index (χ3n) is 3.96. The Kier molecular flexibility index (Phi) is 1.37. The van der Waals surface area contributed by atoms with Crippen LogP contribution in [0.2, 0.25) is 0 Å². The van der Waals surface area contributed by atoms with Crippen LogP contribution in [0, 0.1) is 16.7 Å². The molecular weight excluding hydrogens is 152 g/mol. The van der Waals surface area contributed by atoms with Crippen molar-refractivity contribution in [3.8, 4) is 0 Å². The van der Waals surface area contributed by atoms with Gasteiger partial charge in [-0.15, -0.1) is 0 Å². The van der Waals surface area contributed by atoms with Crippen LogP contribution in [0.4, 0.5) is 0 Å². The van der Waals surface area contributed by atoms with E-state index < -0.39 is 5.97 Å². The minimum atomic E-state index is -0.560. The Balaban J connectivity index is 2.29. The van der Waals surface area contributed by atoms with Gasteiger partial charge in [-0.2, -0.15) is 0 Å². The summed E-state index contributed by atoms with van der Waals surface area (Å²) in [6.07, 6.45) is 3.85. The zero-order chi connectivity index (χ0) is 8.98. The van der Waals surface area contributed by atoms with Gasteiger partial charge in [-0.05, 0) is 37.0 Å². The highest BCUT2D eigenvalue weighted by Crippen LogP contribution is 2.62. The lowest BCUT2D eigenvalue weighted by Crippen LogP contribution is -2.30. The van der Waals surface area contributed by atoms with Crippen molar-refractivity contribution in [1.82, 2.24) is 0 Å². The quantitative estimate of drug-likeness (QED) is 0.652. The lowest BCUT2D eigenvalue weighted by atomic mass is 9.72. The highest BCUT2D eigenvalue weighted by Gasteiger charge is 2.58. The van der Waals surface area contributed by atoms with E-state index in [-0.39, 0.29) is 10.8 Å². The maximum atomic E-state index is 11.1. The van der Waals surface area contributed by atoms with Crippen LogP contribution in [0.1, 0.15) is 39.5 Å². The minimum absolute atomic E-state index is 0.274. The molecule has 68 valence electrons. The van der Waals surface area contributed by atoms with E-state index in [9.17, 15) is 4.79 Å². The van der Waals surface area contributed by atoms with Gasteiger partial charge in [0.15, 0.2) is 0 Å². The van der Waals surface area contributed by atoms with Gasteiger partial charge in [-0.25, -0.2) is 0 Å². The van der Waals surface area contributed by atoms with E-state index in [4.69, 9.17) is 5.11 Å². The summed E-state index contributed by atoms with van der Waals surface area (Å²) >= 11 is 0. The van der Waals surface area contributed by atoms with Crippen LogP contribution >= 0.6 is 0 Å². The van der Waals surface area contributed by atoms with Crippen molar-refractivity contribution in [2.75, 3.05) is 0 Å². The molecule has 2 atom stereocenters. The first-order chi connectivity index (χ1) is 5.46. The van der Waals surface area contributed by atoms with Gasteiger partial charge in [0.1, 0.15) is 0 Å². The summed E-state index contributed by atoms with van der Waals surface area (Å²) in [6.45, 7) is 4.42. The minimum Gasteiger partial charge on any atom is -0.481 e. The Morgan fingerprint density at radius 2 is 2.17 bits per heavy atom. The van der Waals surface area contributed by atoms with Crippen molar-refractivity contribution in [2.45, 2.75) is 39.5 Å². The number of rotatable bonds is 1. The highest BCUT2D eigenvalue weighted by atomic mass is 16.4. The molecule has 0 unspecified atom stereocenters. The van der Waals surface area contributed by atoms with Gasteiger partial charge < -0.3 is 5.11 Å². The summed E-state index contributed by atoms with van der Waals surface area (Å²) in [7, 11) is 0. The van der Waals surface area contributed by atoms with Gasteiger partial charge in [-0.3, -0.25) is 4.79 Å². The molecule has 0 heterocycles. The first-order valence-electron chi connectivity index (χ1n) is 4.70. The summed E-state index contributed by atoms with van der Waals surface area (Å²) in [6, 6.07) is 0. The van der Waals surface area contributed by atoms with Crippen LogP contribution in [0.15, 0.2) is 0 Å². The van der Waals surface area contributed by atoms with Crippen LogP contribution in [0.3, 0.4) is 0 Å². The summed E-state index contributed by atoms with van der Waals surface area (Å²) < 4.78 is 0. The normalized spacial score (nSPS) is 43.3. The Hall–Kier alpha value is -0.530. The second kappa shape index (κ2) is 2.04. The van der Waals surface area contributed by atoms with Crippen molar-refractivity contribution >= 4 is 5.97 Å². The molecule has 12 heavy (non-hydrogen) atoms. The molecule has 0 spiro atoms. The second-order valence-electron chi connectivity index (χ2n) is 5.19. The van der Waals surface area contributed by atoms with E-state index in [1.165, 1.54) is 0 Å². The molecule has 2 heteroatoms. The Bertz CT molecular complexity index is 232. The number of hydrogen-bond acceptors (Lipinski definition) is 1. The Morgan fingerprint density at radius 1 is 1.50 bits per heavy atom. The first kappa shape index (κ1) is 8.09.